The molecule has 0 amide bonds. The monoisotopic (exact) mass is 418 g/mol. The van der Waals surface area contributed by atoms with Crippen LogP contribution in [-0.2, 0) is 10.0 Å². The normalized spacial score (nSPS) is 18.1. The van der Waals surface area contributed by atoms with Crippen molar-refractivity contribution in [1.82, 2.24) is 9.21 Å². The highest BCUT2D eigenvalue weighted by Gasteiger charge is 2.31. The number of hydrogen-bond donors (Lipinski definition) is 0. The first-order valence-corrected chi connectivity index (χ1v) is 9.61. The number of benzene rings is 1. The lowest BCUT2D eigenvalue weighted by molar-refractivity contribution is 0.198. The number of rotatable bonds is 4. The molecule has 1 fully saturated rings. The van der Waals surface area contributed by atoms with Crippen LogP contribution in [0.1, 0.15) is 0 Å². The Morgan fingerprint density at radius 1 is 1.19 bits per heavy atom. The Bertz CT molecular complexity index is 622. The lowest BCUT2D eigenvalue weighted by Crippen LogP contribution is -2.49. The third kappa shape index (κ3) is 3.71. The second-order valence-electron chi connectivity index (χ2n) is 4.61. The van der Waals surface area contributed by atoms with Gasteiger partial charge in [-0.2, -0.15) is 4.31 Å². The molecule has 4 nitrogen and oxygen atoms in total. The van der Waals surface area contributed by atoms with Crippen LogP contribution in [-0.4, -0.2) is 55.7 Å². The Balaban J connectivity index is 2.22. The molecule has 118 valence electrons. The lowest BCUT2D eigenvalue weighted by atomic mass is 10.3. The van der Waals surface area contributed by atoms with Crippen molar-refractivity contribution in [2.75, 3.05) is 38.1 Å². The molecule has 1 aliphatic rings. The van der Waals surface area contributed by atoms with Crippen molar-refractivity contribution in [3.63, 3.8) is 0 Å². The van der Waals surface area contributed by atoms with Crippen LogP contribution in [0.3, 0.4) is 0 Å². The summed E-state index contributed by atoms with van der Waals surface area (Å²) in [6, 6.07) is 2.45. The number of nitrogens with zero attached hydrogens (tertiary/aromatic N) is 2. The Morgan fingerprint density at radius 3 is 2.38 bits per heavy atom. The summed E-state index contributed by atoms with van der Waals surface area (Å²) >= 11 is 14.8. The summed E-state index contributed by atoms with van der Waals surface area (Å²) in [5, 5.41) is 0.194. The van der Waals surface area contributed by atoms with E-state index in [1.54, 1.807) is 0 Å². The van der Waals surface area contributed by atoms with E-state index in [2.05, 4.69) is 20.8 Å². The van der Waals surface area contributed by atoms with Gasteiger partial charge in [0.15, 0.2) is 5.82 Å². The van der Waals surface area contributed by atoms with E-state index >= 15 is 0 Å². The van der Waals surface area contributed by atoms with E-state index in [0.717, 1.165) is 11.9 Å². The SMILES string of the molecule is O=S(=O)(c1ccc(Cl)c(F)c1Cl)N1CCN(CCBr)CC1. The van der Waals surface area contributed by atoms with Crippen molar-refractivity contribution >= 4 is 49.2 Å². The summed E-state index contributed by atoms with van der Waals surface area (Å²) in [6.45, 7) is 2.85. The first kappa shape index (κ1) is 17.4. The number of sulfonamides is 1. The maximum absolute atomic E-state index is 13.7. The highest BCUT2D eigenvalue weighted by atomic mass is 79.9. The van der Waals surface area contributed by atoms with Crippen molar-refractivity contribution in [2.45, 2.75) is 4.90 Å². The third-order valence-electron chi connectivity index (χ3n) is 3.35. The molecule has 1 heterocycles. The van der Waals surface area contributed by atoms with E-state index < -0.39 is 20.9 Å². The van der Waals surface area contributed by atoms with E-state index in [1.165, 1.54) is 16.4 Å². The topological polar surface area (TPSA) is 40.6 Å². The molecule has 0 N–H and O–H groups in total. The molecule has 1 aromatic rings. The highest BCUT2D eigenvalue weighted by Crippen LogP contribution is 2.31. The molecule has 0 bridgehead atoms. The average Bonchev–Trinajstić information content (AvgIpc) is 2.45. The maximum Gasteiger partial charge on any atom is 0.244 e. The first-order valence-electron chi connectivity index (χ1n) is 6.30. The van der Waals surface area contributed by atoms with Crippen molar-refractivity contribution < 1.29 is 12.8 Å². The molecule has 0 unspecified atom stereocenters. The van der Waals surface area contributed by atoms with Crippen LogP contribution < -0.4 is 0 Å². The molecule has 0 aliphatic carbocycles. The fourth-order valence-electron chi connectivity index (χ4n) is 2.16. The van der Waals surface area contributed by atoms with Crippen LogP contribution in [0.2, 0.25) is 10.0 Å². The van der Waals surface area contributed by atoms with Crippen LogP contribution >= 0.6 is 39.1 Å². The van der Waals surface area contributed by atoms with E-state index in [4.69, 9.17) is 23.2 Å². The predicted molar refractivity (Wildman–Crippen MR) is 85.4 cm³/mol. The fraction of sp³-hybridized carbons (Fsp3) is 0.500. The maximum atomic E-state index is 13.7. The molecule has 2 rings (SSSR count). The fourth-order valence-corrected chi connectivity index (χ4v) is 4.80. The van der Waals surface area contributed by atoms with Gasteiger partial charge >= 0.3 is 0 Å². The minimum Gasteiger partial charge on any atom is -0.300 e. The van der Waals surface area contributed by atoms with Gasteiger partial charge < -0.3 is 0 Å². The Labute approximate surface area is 142 Å². The molecule has 0 radical (unpaired) electrons. The summed E-state index contributed by atoms with van der Waals surface area (Å²) in [5.41, 5.74) is 0. The smallest absolute Gasteiger partial charge is 0.244 e. The molecule has 0 atom stereocenters. The average molecular weight is 420 g/mol. The Hall–Kier alpha value is 0.0800. The van der Waals surface area contributed by atoms with Crippen LogP contribution in [0.25, 0.3) is 0 Å². The number of halogens is 4. The van der Waals surface area contributed by atoms with Crippen LogP contribution in [0.5, 0.6) is 0 Å². The van der Waals surface area contributed by atoms with Crippen molar-refractivity contribution in [3.8, 4) is 0 Å². The molecule has 9 heteroatoms. The van der Waals surface area contributed by atoms with Crippen LogP contribution in [0, 0.1) is 5.82 Å². The van der Waals surface area contributed by atoms with E-state index in [9.17, 15) is 12.8 Å². The summed E-state index contributed by atoms with van der Waals surface area (Å²) in [7, 11) is -3.81. The second kappa shape index (κ2) is 7.10. The molecule has 1 aliphatic heterocycles. The Kier molecular flexibility index (Phi) is 5.90. The molecule has 1 aromatic carbocycles. The van der Waals surface area contributed by atoms with Gasteiger partial charge in [-0.1, -0.05) is 39.1 Å². The molecular weight excluding hydrogens is 406 g/mol. The van der Waals surface area contributed by atoms with Gasteiger partial charge in [-0.15, -0.1) is 0 Å². The van der Waals surface area contributed by atoms with Gasteiger partial charge in [0.2, 0.25) is 10.0 Å². The zero-order chi connectivity index (χ0) is 15.6. The van der Waals surface area contributed by atoms with Gasteiger partial charge in [-0.05, 0) is 12.1 Å². The predicted octanol–water partition coefficient (Wildman–Crippen LogP) is 2.83. The summed E-state index contributed by atoms with van der Waals surface area (Å²) in [4.78, 5) is 1.92. The number of hydrogen-bond acceptors (Lipinski definition) is 3. The summed E-state index contributed by atoms with van der Waals surface area (Å²) in [6.07, 6.45) is 0. The largest absolute Gasteiger partial charge is 0.300 e. The van der Waals surface area contributed by atoms with Crippen LogP contribution in [0.4, 0.5) is 4.39 Å². The molecule has 21 heavy (non-hydrogen) atoms. The molecular formula is C12H14BrCl2FN2O2S. The van der Waals surface area contributed by atoms with E-state index in [1.807, 2.05) is 0 Å². The zero-order valence-electron chi connectivity index (χ0n) is 11.0. The lowest BCUT2D eigenvalue weighted by Gasteiger charge is -2.33. The van der Waals surface area contributed by atoms with Gasteiger partial charge in [0.25, 0.3) is 0 Å². The summed E-state index contributed by atoms with van der Waals surface area (Å²) < 4.78 is 40.1. The standard InChI is InChI=1S/C12H14BrCl2FN2O2S/c13-3-4-17-5-7-18(8-6-17)21(19,20)10-2-1-9(14)12(16)11(10)15/h1-2H,3-8H2. The molecule has 0 spiro atoms. The quantitative estimate of drug-likeness (QED) is 0.556. The van der Waals surface area contributed by atoms with Crippen molar-refractivity contribution in [2.24, 2.45) is 0 Å². The molecule has 0 aromatic heterocycles. The van der Waals surface area contributed by atoms with Gasteiger partial charge in [0.05, 0.1) is 10.0 Å². The minimum atomic E-state index is -3.81. The van der Waals surface area contributed by atoms with Crippen molar-refractivity contribution in [3.05, 3.63) is 28.0 Å². The van der Waals surface area contributed by atoms with Gasteiger partial charge in [-0.3, -0.25) is 4.90 Å². The second-order valence-corrected chi connectivity index (χ2v) is 8.09. The number of alkyl halides is 1. The van der Waals surface area contributed by atoms with Gasteiger partial charge in [0.1, 0.15) is 4.90 Å². The van der Waals surface area contributed by atoms with Gasteiger partial charge in [-0.25, -0.2) is 12.8 Å². The summed E-state index contributed by atoms with van der Waals surface area (Å²) in [5.74, 6) is -0.905. The van der Waals surface area contributed by atoms with Crippen molar-refractivity contribution in [1.29, 1.82) is 0 Å². The van der Waals surface area contributed by atoms with E-state index in [0.29, 0.717) is 26.2 Å². The van der Waals surface area contributed by atoms with Gasteiger partial charge in [0, 0.05) is 38.1 Å². The number of piperazine rings is 1. The zero-order valence-corrected chi connectivity index (χ0v) is 14.9. The Morgan fingerprint density at radius 2 is 1.81 bits per heavy atom. The third-order valence-corrected chi connectivity index (χ3v) is 6.42. The minimum absolute atomic E-state index is 0.193. The molecule has 0 saturated carbocycles. The van der Waals surface area contributed by atoms with Crippen LogP contribution in [0.15, 0.2) is 17.0 Å². The highest BCUT2D eigenvalue weighted by molar-refractivity contribution is 9.09. The molecule has 1 saturated heterocycles. The first-order chi connectivity index (χ1) is 9.87. The van der Waals surface area contributed by atoms with E-state index in [-0.39, 0.29) is 9.92 Å².